The number of morpholine rings is 2. The predicted octanol–water partition coefficient (Wildman–Crippen LogP) is 3.83. The summed E-state index contributed by atoms with van der Waals surface area (Å²) >= 11 is 0. The molecule has 0 radical (unpaired) electrons. The number of guanidine groups is 1. The fourth-order valence-corrected chi connectivity index (χ4v) is 5.07. The van der Waals surface area contributed by atoms with Gasteiger partial charge in [0.05, 0.1) is 38.7 Å². The van der Waals surface area contributed by atoms with Crippen molar-refractivity contribution < 1.29 is 18.4 Å². The number of hydrogen-bond acceptors (Lipinski definition) is 7. The van der Waals surface area contributed by atoms with Crippen LogP contribution in [0.3, 0.4) is 0 Å². The van der Waals surface area contributed by atoms with Crippen molar-refractivity contribution in [1.29, 1.82) is 0 Å². The van der Waals surface area contributed by atoms with Crippen LogP contribution in [0, 0.1) is 5.82 Å². The number of hydrogen-bond donors (Lipinski definition) is 2. The van der Waals surface area contributed by atoms with Crippen molar-refractivity contribution in [3.63, 3.8) is 0 Å². The standard InChI is InChI=1S/C31H41FN6O3/c1-31(2,25-8-9-26(27(32)22-25)24-6-4-3-5-7-24)28-23-29(41-36-28)35-30(33-10-12-37-14-18-39-19-15-37)34-11-13-38-16-20-40-21-17-38/h3-9,22-23H,10-21H2,1-2H3,(H2,33,34,35). The van der Waals surface area contributed by atoms with Crippen LogP contribution in [-0.4, -0.2) is 99.7 Å². The molecule has 2 aliphatic heterocycles. The number of nitrogens with zero attached hydrogens (tertiary/aromatic N) is 4. The molecule has 0 bridgehead atoms. The molecular weight excluding hydrogens is 523 g/mol. The SMILES string of the molecule is CC(C)(c1ccc(-c2ccccc2)c(F)c1)c1cc(NC(=NCCN2CCOCC2)NCCN2CCOCC2)on1. The lowest BCUT2D eigenvalue weighted by Gasteiger charge is -2.27. The largest absolute Gasteiger partial charge is 0.379 e. The Bertz CT molecular complexity index is 1270. The number of nitrogens with one attached hydrogen (secondary N) is 2. The quantitative estimate of drug-likeness (QED) is 0.284. The van der Waals surface area contributed by atoms with E-state index in [9.17, 15) is 0 Å². The van der Waals surface area contributed by atoms with Gasteiger partial charge in [0.15, 0.2) is 5.96 Å². The Kier molecular flexibility index (Phi) is 10.00. The molecule has 0 spiro atoms. The fourth-order valence-electron chi connectivity index (χ4n) is 5.07. The van der Waals surface area contributed by atoms with Crippen LogP contribution in [0.5, 0.6) is 0 Å². The highest BCUT2D eigenvalue weighted by atomic mass is 19.1. The molecule has 2 aliphatic rings. The summed E-state index contributed by atoms with van der Waals surface area (Å²) in [7, 11) is 0. The lowest BCUT2D eigenvalue weighted by Crippen LogP contribution is -2.43. The molecule has 0 aliphatic carbocycles. The van der Waals surface area contributed by atoms with Gasteiger partial charge in [-0.05, 0) is 17.2 Å². The van der Waals surface area contributed by atoms with Gasteiger partial charge in [-0.15, -0.1) is 0 Å². The van der Waals surface area contributed by atoms with Crippen molar-refractivity contribution in [3.8, 4) is 11.1 Å². The molecule has 0 saturated carbocycles. The second-order valence-electron chi connectivity index (χ2n) is 11.0. The highest BCUT2D eigenvalue weighted by Crippen LogP contribution is 2.34. The molecule has 3 heterocycles. The predicted molar refractivity (Wildman–Crippen MR) is 159 cm³/mol. The van der Waals surface area contributed by atoms with Crippen LogP contribution in [0.4, 0.5) is 10.3 Å². The number of benzene rings is 2. The summed E-state index contributed by atoms with van der Waals surface area (Å²) in [4.78, 5) is 9.54. The summed E-state index contributed by atoms with van der Waals surface area (Å²) in [6.45, 7) is 14.0. The molecule has 0 unspecified atom stereocenters. The summed E-state index contributed by atoms with van der Waals surface area (Å²) in [6, 6.07) is 16.8. The van der Waals surface area contributed by atoms with E-state index in [1.165, 1.54) is 0 Å². The zero-order valence-electron chi connectivity index (χ0n) is 24.1. The normalized spacial score (nSPS) is 17.5. The molecule has 1 aromatic heterocycles. The molecule has 2 fully saturated rings. The first-order valence-electron chi connectivity index (χ1n) is 14.5. The van der Waals surface area contributed by atoms with E-state index in [1.54, 1.807) is 6.07 Å². The second kappa shape index (κ2) is 14.0. The second-order valence-corrected chi connectivity index (χ2v) is 11.0. The van der Waals surface area contributed by atoms with Gasteiger partial charge in [0.2, 0.25) is 5.88 Å². The number of aromatic nitrogens is 1. The van der Waals surface area contributed by atoms with E-state index in [-0.39, 0.29) is 5.82 Å². The van der Waals surface area contributed by atoms with Gasteiger partial charge in [0, 0.05) is 62.9 Å². The van der Waals surface area contributed by atoms with Crippen LogP contribution in [0.15, 0.2) is 64.1 Å². The number of aliphatic imine (C=N–C) groups is 1. The van der Waals surface area contributed by atoms with E-state index in [0.717, 1.165) is 83.4 Å². The molecule has 0 atom stereocenters. The van der Waals surface area contributed by atoms with Gasteiger partial charge in [-0.25, -0.2) is 4.39 Å². The van der Waals surface area contributed by atoms with Crippen molar-refractivity contribution in [2.45, 2.75) is 19.3 Å². The Balaban J connectivity index is 1.25. The van der Waals surface area contributed by atoms with Crippen LogP contribution in [-0.2, 0) is 14.9 Å². The molecule has 9 nitrogen and oxygen atoms in total. The van der Waals surface area contributed by atoms with Crippen LogP contribution >= 0.6 is 0 Å². The smallest absolute Gasteiger partial charge is 0.231 e. The lowest BCUT2D eigenvalue weighted by molar-refractivity contribution is 0.0389. The molecule has 41 heavy (non-hydrogen) atoms. The maximum Gasteiger partial charge on any atom is 0.231 e. The molecular formula is C31H41FN6O3. The summed E-state index contributed by atoms with van der Waals surface area (Å²) in [5.74, 6) is 0.867. The van der Waals surface area contributed by atoms with Gasteiger partial charge in [0.25, 0.3) is 0 Å². The van der Waals surface area contributed by atoms with Crippen molar-refractivity contribution in [3.05, 3.63) is 71.7 Å². The first kappa shape index (κ1) is 29.2. The number of halogens is 1. The first-order chi connectivity index (χ1) is 20.0. The molecule has 3 aromatic rings. The van der Waals surface area contributed by atoms with Crippen molar-refractivity contribution in [1.82, 2.24) is 20.3 Å². The van der Waals surface area contributed by atoms with Gasteiger partial charge in [-0.1, -0.05) is 61.5 Å². The molecule has 2 aromatic carbocycles. The van der Waals surface area contributed by atoms with Gasteiger partial charge in [-0.2, -0.15) is 0 Å². The van der Waals surface area contributed by atoms with E-state index in [0.29, 0.717) is 29.6 Å². The first-order valence-corrected chi connectivity index (χ1v) is 14.5. The average Bonchev–Trinajstić information content (AvgIpc) is 3.48. The van der Waals surface area contributed by atoms with Gasteiger partial charge < -0.3 is 19.3 Å². The van der Waals surface area contributed by atoms with Gasteiger partial charge >= 0.3 is 0 Å². The minimum absolute atomic E-state index is 0.261. The van der Waals surface area contributed by atoms with E-state index >= 15 is 4.39 Å². The Morgan fingerprint density at radius 3 is 2.29 bits per heavy atom. The number of ether oxygens (including phenoxy) is 2. The minimum atomic E-state index is -0.573. The Hall–Kier alpha value is -3.31. The summed E-state index contributed by atoms with van der Waals surface area (Å²) in [5, 5.41) is 11.1. The van der Waals surface area contributed by atoms with Crippen LogP contribution in [0.2, 0.25) is 0 Å². The zero-order valence-corrected chi connectivity index (χ0v) is 24.1. The van der Waals surface area contributed by atoms with Gasteiger partial charge in [0.1, 0.15) is 5.82 Å². The number of anilines is 1. The molecule has 10 heteroatoms. The van der Waals surface area contributed by atoms with E-state index in [2.05, 4.69) is 25.6 Å². The molecule has 220 valence electrons. The monoisotopic (exact) mass is 564 g/mol. The van der Waals surface area contributed by atoms with E-state index in [4.69, 9.17) is 19.0 Å². The van der Waals surface area contributed by atoms with Crippen molar-refractivity contribution in [2.24, 2.45) is 4.99 Å². The third-order valence-corrected chi connectivity index (χ3v) is 7.78. The zero-order chi connectivity index (χ0) is 28.5. The minimum Gasteiger partial charge on any atom is -0.379 e. The maximum atomic E-state index is 15.2. The lowest BCUT2D eigenvalue weighted by atomic mass is 9.81. The third kappa shape index (κ3) is 7.91. The average molecular weight is 565 g/mol. The topological polar surface area (TPSA) is 87.4 Å². The molecule has 2 saturated heterocycles. The highest BCUT2D eigenvalue weighted by molar-refractivity contribution is 5.92. The van der Waals surface area contributed by atoms with Crippen molar-refractivity contribution >= 4 is 11.8 Å². The Morgan fingerprint density at radius 2 is 1.61 bits per heavy atom. The molecule has 5 rings (SSSR count). The van der Waals surface area contributed by atoms with E-state index in [1.807, 2.05) is 62.4 Å². The summed E-state index contributed by atoms with van der Waals surface area (Å²) < 4.78 is 31.8. The van der Waals surface area contributed by atoms with Crippen LogP contribution in [0.25, 0.3) is 11.1 Å². The Labute approximate surface area is 241 Å². The van der Waals surface area contributed by atoms with Crippen molar-refractivity contribution in [2.75, 3.05) is 84.1 Å². The number of rotatable bonds is 10. The van der Waals surface area contributed by atoms with E-state index < -0.39 is 5.41 Å². The highest BCUT2D eigenvalue weighted by Gasteiger charge is 2.28. The summed E-state index contributed by atoms with van der Waals surface area (Å²) in [5.41, 5.74) is 2.37. The third-order valence-electron chi connectivity index (χ3n) is 7.78. The summed E-state index contributed by atoms with van der Waals surface area (Å²) in [6.07, 6.45) is 0. The maximum absolute atomic E-state index is 15.2. The molecule has 2 N–H and O–H groups in total. The fraction of sp³-hybridized carbons (Fsp3) is 0.484. The molecule has 0 amide bonds. The van der Waals surface area contributed by atoms with Gasteiger partial charge in [-0.3, -0.25) is 20.1 Å². The van der Waals surface area contributed by atoms with Crippen LogP contribution in [0.1, 0.15) is 25.1 Å². The van der Waals surface area contributed by atoms with Crippen LogP contribution < -0.4 is 10.6 Å². The Morgan fingerprint density at radius 1 is 0.927 bits per heavy atom.